The van der Waals surface area contributed by atoms with E-state index in [1.807, 2.05) is 24.3 Å². The van der Waals surface area contributed by atoms with Crippen molar-refractivity contribution >= 4 is 32.5 Å². The number of carbonyl (C=O) groups excluding carboxylic acids is 1. The molecule has 3 aromatic rings. The van der Waals surface area contributed by atoms with Crippen LogP contribution < -0.4 is 5.32 Å². The summed E-state index contributed by atoms with van der Waals surface area (Å²) in [7, 11) is -3.55. The first-order chi connectivity index (χ1) is 13.5. The Hall–Kier alpha value is -2.64. The summed E-state index contributed by atoms with van der Waals surface area (Å²) in [6.07, 6.45) is 3.89. The second-order valence-corrected chi connectivity index (χ2v) is 9.01. The summed E-state index contributed by atoms with van der Waals surface area (Å²) in [5.74, 6) is -0.305. The van der Waals surface area contributed by atoms with Gasteiger partial charge in [0, 0.05) is 29.7 Å². The minimum atomic E-state index is -3.55. The van der Waals surface area contributed by atoms with Crippen molar-refractivity contribution in [1.82, 2.24) is 9.29 Å². The number of amides is 1. The monoisotopic (exact) mass is 397 g/mol. The lowest BCUT2D eigenvalue weighted by Crippen LogP contribution is -2.32. The molecule has 0 aliphatic carbocycles. The zero-order valence-corrected chi connectivity index (χ0v) is 16.3. The van der Waals surface area contributed by atoms with Gasteiger partial charge >= 0.3 is 0 Å². The molecule has 2 aromatic carbocycles. The fourth-order valence-electron chi connectivity index (χ4n) is 3.56. The van der Waals surface area contributed by atoms with E-state index in [0.29, 0.717) is 24.5 Å². The maximum Gasteiger partial charge on any atom is 0.272 e. The molecule has 1 fully saturated rings. The largest absolute Gasteiger partial charge is 0.351 e. The predicted molar refractivity (Wildman–Crippen MR) is 110 cm³/mol. The van der Waals surface area contributed by atoms with E-state index < -0.39 is 10.0 Å². The van der Waals surface area contributed by atoms with Crippen LogP contribution in [0, 0.1) is 0 Å². The number of fused-ring (bicyclic) bond motifs is 1. The first-order valence-electron chi connectivity index (χ1n) is 9.53. The van der Waals surface area contributed by atoms with Crippen molar-refractivity contribution in [2.75, 3.05) is 18.4 Å². The summed E-state index contributed by atoms with van der Waals surface area (Å²) < 4.78 is 27.5. The molecule has 2 N–H and O–H groups in total. The number of nitrogens with zero attached hydrogens (tertiary/aromatic N) is 1. The number of nitrogens with one attached hydrogen (secondary N) is 2. The highest BCUT2D eigenvalue weighted by molar-refractivity contribution is 7.89. The quantitative estimate of drug-likeness (QED) is 0.698. The van der Waals surface area contributed by atoms with Crippen LogP contribution in [-0.4, -0.2) is 36.7 Å². The van der Waals surface area contributed by atoms with Gasteiger partial charge in [-0.1, -0.05) is 37.1 Å². The van der Waals surface area contributed by atoms with Crippen molar-refractivity contribution < 1.29 is 13.2 Å². The van der Waals surface area contributed by atoms with Gasteiger partial charge in [0.1, 0.15) is 5.69 Å². The fraction of sp³-hybridized carbons (Fsp3) is 0.286. The van der Waals surface area contributed by atoms with Gasteiger partial charge < -0.3 is 10.3 Å². The number of H-pyrrole nitrogens is 1. The molecule has 28 heavy (non-hydrogen) atoms. The molecule has 7 heteroatoms. The smallest absolute Gasteiger partial charge is 0.272 e. The lowest BCUT2D eigenvalue weighted by Gasteiger charge is -2.20. The van der Waals surface area contributed by atoms with Gasteiger partial charge in [0.05, 0.1) is 4.90 Å². The number of benzene rings is 2. The number of anilines is 1. The van der Waals surface area contributed by atoms with E-state index in [4.69, 9.17) is 0 Å². The van der Waals surface area contributed by atoms with E-state index in [9.17, 15) is 13.2 Å². The number of rotatable bonds is 4. The Balaban J connectivity index is 1.55. The summed E-state index contributed by atoms with van der Waals surface area (Å²) in [6.45, 7) is 1.10. The minimum absolute atomic E-state index is 0.212. The van der Waals surface area contributed by atoms with Gasteiger partial charge in [0.2, 0.25) is 10.0 Å². The number of hydrogen-bond acceptors (Lipinski definition) is 3. The standard InChI is InChI=1S/C21H23N3O3S/c25-21(20-14-16-8-3-4-11-19(16)23-20)22-17-9-7-10-18(15-17)28(26,27)24-12-5-1-2-6-13-24/h3-4,7-11,14-15,23H,1-2,5-6,12-13H2,(H,22,25). The van der Waals surface area contributed by atoms with Gasteiger partial charge in [-0.2, -0.15) is 4.31 Å². The third kappa shape index (κ3) is 3.81. The molecule has 146 valence electrons. The topological polar surface area (TPSA) is 82.3 Å². The molecular formula is C21H23N3O3S. The van der Waals surface area contributed by atoms with E-state index in [1.165, 1.54) is 6.07 Å². The van der Waals surface area contributed by atoms with E-state index in [0.717, 1.165) is 36.6 Å². The van der Waals surface area contributed by atoms with Crippen LogP contribution in [0.1, 0.15) is 36.2 Å². The predicted octanol–water partition coefficient (Wildman–Crippen LogP) is 3.98. The normalized spacial score (nSPS) is 16.0. The van der Waals surface area contributed by atoms with Crippen LogP contribution in [0.5, 0.6) is 0 Å². The number of aromatic nitrogens is 1. The zero-order valence-electron chi connectivity index (χ0n) is 15.5. The number of sulfonamides is 1. The van der Waals surface area contributed by atoms with Crippen LogP contribution >= 0.6 is 0 Å². The van der Waals surface area contributed by atoms with Crippen molar-refractivity contribution in [3.63, 3.8) is 0 Å². The second-order valence-electron chi connectivity index (χ2n) is 7.07. The van der Waals surface area contributed by atoms with Crippen LogP contribution in [0.15, 0.2) is 59.5 Å². The average Bonchev–Trinajstić information content (AvgIpc) is 2.94. The molecule has 6 nitrogen and oxygen atoms in total. The molecule has 0 spiro atoms. The SMILES string of the molecule is O=C(Nc1cccc(S(=O)(=O)N2CCCCCC2)c1)c1cc2ccccc2[nH]1. The van der Waals surface area contributed by atoms with Crippen LogP contribution in [-0.2, 0) is 10.0 Å². The maximum atomic E-state index is 13.0. The number of aromatic amines is 1. The number of para-hydroxylation sites is 1. The second kappa shape index (κ2) is 7.77. The third-order valence-electron chi connectivity index (χ3n) is 5.07. The fourth-order valence-corrected chi connectivity index (χ4v) is 5.12. The molecule has 1 saturated heterocycles. The Morgan fingerprint density at radius 1 is 0.929 bits per heavy atom. The molecule has 1 amide bonds. The first kappa shape index (κ1) is 18.7. The molecular weight excluding hydrogens is 374 g/mol. The molecule has 1 aliphatic heterocycles. The average molecular weight is 398 g/mol. The Morgan fingerprint density at radius 3 is 2.43 bits per heavy atom. The summed E-state index contributed by atoms with van der Waals surface area (Å²) in [6, 6.07) is 15.9. The molecule has 0 atom stereocenters. The van der Waals surface area contributed by atoms with Gasteiger partial charge in [-0.25, -0.2) is 8.42 Å². The van der Waals surface area contributed by atoms with Crippen LogP contribution in [0.2, 0.25) is 0 Å². The van der Waals surface area contributed by atoms with Crippen molar-refractivity contribution in [2.24, 2.45) is 0 Å². The molecule has 1 aromatic heterocycles. The molecule has 1 aliphatic rings. The summed E-state index contributed by atoms with van der Waals surface area (Å²) >= 11 is 0. The molecule has 0 radical (unpaired) electrons. The Bertz CT molecular complexity index is 1060. The molecule has 4 rings (SSSR count). The number of carbonyl (C=O) groups is 1. The van der Waals surface area contributed by atoms with E-state index in [1.54, 1.807) is 28.6 Å². The van der Waals surface area contributed by atoms with E-state index in [-0.39, 0.29) is 10.8 Å². The van der Waals surface area contributed by atoms with Crippen molar-refractivity contribution in [2.45, 2.75) is 30.6 Å². The molecule has 0 saturated carbocycles. The Morgan fingerprint density at radius 2 is 1.68 bits per heavy atom. The van der Waals surface area contributed by atoms with Gasteiger partial charge in [-0.3, -0.25) is 4.79 Å². The molecule has 0 bridgehead atoms. The van der Waals surface area contributed by atoms with E-state index in [2.05, 4.69) is 10.3 Å². The van der Waals surface area contributed by atoms with Gasteiger partial charge in [-0.05, 0) is 43.2 Å². The van der Waals surface area contributed by atoms with Gasteiger partial charge in [0.25, 0.3) is 5.91 Å². The third-order valence-corrected chi connectivity index (χ3v) is 6.96. The summed E-state index contributed by atoms with van der Waals surface area (Å²) in [5, 5.41) is 3.74. The highest BCUT2D eigenvalue weighted by atomic mass is 32.2. The van der Waals surface area contributed by atoms with Crippen LogP contribution in [0.4, 0.5) is 5.69 Å². The number of hydrogen-bond donors (Lipinski definition) is 2. The first-order valence-corrected chi connectivity index (χ1v) is 11.0. The van der Waals surface area contributed by atoms with Crippen molar-refractivity contribution in [1.29, 1.82) is 0 Å². The van der Waals surface area contributed by atoms with Gasteiger partial charge in [0.15, 0.2) is 0 Å². The van der Waals surface area contributed by atoms with Crippen LogP contribution in [0.25, 0.3) is 10.9 Å². The highest BCUT2D eigenvalue weighted by Crippen LogP contribution is 2.23. The lowest BCUT2D eigenvalue weighted by molar-refractivity contribution is 0.102. The maximum absolute atomic E-state index is 13.0. The zero-order chi connectivity index (χ0) is 19.6. The summed E-state index contributed by atoms with van der Waals surface area (Å²) in [5.41, 5.74) is 1.77. The minimum Gasteiger partial charge on any atom is -0.351 e. The molecule has 2 heterocycles. The molecule has 0 unspecified atom stereocenters. The van der Waals surface area contributed by atoms with E-state index >= 15 is 0 Å². The Labute approximate surface area is 164 Å². The van der Waals surface area contributed by atoms with Crippen molar-refractivity contribution in [3.05, 3.63) is 60.3 Å². The van der Waals surface area contributed by atoms with Crippen molar-refractivity contribution in [3.8, 4) is 0 Å². The van der Waals surface area contributed by atoms with Crippen LogP contribution in [0.3, 0.4) is 0 Å². The lowest BCUT2D eigenvalue weighted by atomic mass is 10.2. The van der Waals surface area contributed by atoms with Gasteiger partial charge in [-0.15, -0.1) is 0 Å². The summed E-state index contributed by atoms with van der Waals surface area (Å²) in [4.78, 5) is 15.9. The Kier molecular flexibility index (Phi) is 5.19. The highest BCUT2D eigenvalue weighted by Gasteiger charge is 2.25.